The van der Waals surface area contributed by atoms with Crippen LogP contribution in [0.25, 0.3) is 0 Å². The van der Waals surface area contributed by atoms with Gasteiger partial charge in [-0.1, -0.05) is 30.3 Å². The molecule has 0 spiro atoms. The van der Waals surface area contributed by atoms with Gasteiger partial charge in [0.05, 0.1) is 0 Å². The van der Waals surface area contributed by atoms with Crippen molar-refractivity contribution in [3.05, 3.63) is 53.9 Å². The molecule has 6 heteroatoms. The first-order valence-corrected chi connectivity index (χ1v) is 6.13. The van der Waals surface area contributed by atoms with Crippen molar-refractivity contribution in [1.82, 2.24) is 15.1 Å². The third-order valence-electron chi connectivity index (χ3n) is 2.83. The Morgan fingerprint density at radius 1 is 1.30 bits per heavy atom. The molecule has 2 N–H and O–H groups in total. The number of nitrogens with zero attached hydrogens (tertiary/aromatic N) is 2. The molecule has 0 saturated carbocycles. The molecule has 6 nitrogen and oxygen atoms in total. The summed E-state index contributed by atoms with van der Waals surface area (Å²) in [7, 11) is 1.69. The molecule has 1 heterocycles. The number of carboxylic acids is 1. The van der Waals surface area contributed by atoms with Gasteiger partial charge in [-0.25, -0.2) is 4.79 Å². The Hall–Kier alpha value is -2.63. The van der Waals surface area contributed by atoms with Crippen molar-refractivity contribution in [2.45, 2.75) is 12.5 Å². The molecular formula is C14H15N3O3. The highest BCUT2D eigenvalue weighted by Gasteiger charge is 2.22. The SMILES string of the molecule is Cn1ccc(C(=O)NC(Cc2ccccc2)C(=O)O)n1. The van der Waals surface area contributed by atoms with E-state index in [-0.39, 0.29) is 12.1 Å². The molecular weight excluding hydrogens is 258 g/mol. The summed E-state index contributed by atoms with van der Waals surface area (Å²) in [4.78, 5) is 23.1. The first kappa shape index (κ1) is 13.8. The molecule has 0 bridgehead atoms. The van der Waals surface area contributed by atoms with E-state index in [0.29, 0.717) is 0 Å². The van der Waals surface area contributed by atoms with Crippen LogP contribution in [0.1, 0.15) is 16.1 Å². The van der Waals surface area contributed by atoms with Crippen molar-refractivity contribution in [2.24, 2.45) is 7.05 Å². The molecule has 20 heavy (non-hydrogen) atoms. The van der Waals surface area contributed by atoms with Crippen molar-refractivity contribution in [3.63, 3.8) is 0 Å². The first-order valence-electron chi connectivity index (χ1n) is 6.13. The Balaban J connectivity index is 2.06. The molecule has 0 radical (unpaired) electrons. The summed E-state index contributed by atoms with van der Waals surface area (Å²) >= 11 is 0. The van der Waals surface area contributed by atoms with Gasteiger partial charge in [0.25, 0.3) is 5.91 Å². The Labute approximate surface area is 116 Å². The number of carboxylic acid groups (broad SMARTS) is 1. The molecule has 0 fully saturated rings. The number of aliphatic carboxylic acids is 1. The van der Waals surface area contributed by atoms with E-state index in [0.717, 1.165) is 5.56 Å². The van der Waals surface area contributed by atoms with E-state index in [1.807, 2.05) is 30.3 Å². The van der Waals surface area contributed by atoms with Gasteiger partial charge < -0.3 is 10.4 Å². The highest BCUT2D eigenvalue weighted by atomic mass is 16.4. The van der Waals surface area contributed by atoms with Crippen LogP contribution in [0.2, 0.25) is 0 Å². The molecule has 1 unspecified atom stereocenters. The second kappa shape index (κ2) is 6.01. The largest absolute Gasteiger partial charge is 0.480 e. The highest BCUT2D eigenvalue weighted by Crippen LogP contribution is 2.04. The lowest BCUT2D eigenvalue weighted by Crippen LogP contribution is -2.42. The maximum atomic E-state index is 11.9. The number of aryl methyl sites for hydroxylation is 1. The van der Waals surface area contributed by atoms with Crippen LogP contribution in [-0.4, -0.2) is 32.8 Å². The van der Waals surface area contributed by atoms with Crippen molar-refractivity contribution in [2.75, 3.05) is 0 Å². The number of amides is 1. The molecule has 2 rings (SSSR count). The second-order valence-electron chi connectivity index (χ2n) is 4.43. The number of carbonyl (C=O) groups is 2. The number of carbonyl (C=O) groups excluding carboxylic acids is 1. The molecule has 1 aromatic carbocycles. The summed E-state index contributed by atoms with van der Waals surface area (Å²) < 4.78 is 1.49. The minimum absolute atomic E-state index is 0.201. The molecule has 0 aliphatic heterocycles. The monoisotopic (exact) mass is 273 g/mol. The molecule has 1 aromatic heterocycles. The zero-order valence-electron chi connectivity index (χ0n) is 11.0. The average molecular weight is 273 g/mol. The third-order valence-corrected chi connectivity index (χ3v) is 2.83. The normalized spacial score (nSPS) is 11.8. The lowest BCUT2D eigenvalue weighted by Gasteiger charge is -2.13. The van der Waals surface area contributed by atoms with Crippen molar-refractivity contribution < 1.29 is 14.7 Å². The zero-order chi connectivity index (χ0) is 14.5. The van der Waals surface area contributed by atoms with Gasteiger partial charge in [0.1, 0.15) is 11.7 Å². The number of hydrogen-bond acceptors (Lipinski definition) is 3. The predicted molar refractivity (Wildman–Crippen MR) is 72.2 cm³/mol. The number of hydrogen-bond donors (Lipinski definition) is 2. The number of benzene rings is 1. The molecule has 0 aliphatic carbocycles. The van der Waals surface area contributed by atoms with Crippen molar-refractivity contribution in [1.29, 1.82) is 0 Å². The van der Waals surface area contributed by atoms with E-state index in [9.17, 15) is 14.7 Å². The quantitative estimate of drug-likeness (QED) is 0.845. The van der Waals surface area contributed by atoms with Crippen molar-refractivity contribution in [3.8, 4) is 0 Å². The van der Waals surface area contributed by atoms with E-state index in [4.69, 9.17) is 0 Å². The summed E-state index contributed by atoms with van der Waals surface area (Å²) in [5, 5.41) is 15.6. The fraction of sp³-hybridized carbons (Fsp3) is 0.214. The van der Waals surface area contributed by atoms with Crippen molar-refractivity contribution >= 4 is 11.9 Å². The minimum Gasteiger partial charge on any atom is -0.480 e. The molecule has 104 valence electrons. The molecule has 2 aromatic rings. The van der Waals surface area contributed by atoms with E-state index in [1.165, 1.54) is 10.7 Å². The second-order valence-corrected chi connectivity index (χ2v) is 4.43. The average Bonchev–Trinajstić information content (AvgIpc) is 2.86. The van der Waals surface area contributed by atoms with Gasteiger partial charge in [-0.2, -0.15) is 5.10 Å². The fourth-order valence-corrected chi connectivity index (χ4v) is 1.82. The minimum atomic E-state index is -1.07. The van der Waals surface area contributed by atoms with Crippen LogP contribution in [0, 0.1) is 0 Å². The molecule has 1 amide bonds. The lowest BCUT2D eigenvalue weighted by molar-refractivity contribution is -0.139. The van der Waals surface area contributed by atoms with Gasteiger partial charge in [-0.05, 0) is 11.6 Å². The van der Waals surface area contributed by atoms with Crippen LogP contribution in [0.3, 0.4) is 0 Å². The Morgan fingerprint density at radius 3 is 2.55 bits per heavy atom. The summed E-state index contributed by atoms with van der Waals surface area (Å²) in [5.74, 6) is -1.56. The summed E-state index contributed by atoms with van der Waals surface area (Å²) in [6.07, 6.45) is 1.86. The summed E-state index contributed by atoms with van der Waals surface area (Å²) in [6.45, 7) is 0. The summed E-state index contributed by atoms with van der Waals surface area (Å²) in [5.41, 5.74) is 1.05. The number of aromatic nitrogens is 2. The van der Waals surface area contributed by atoms with Crippen LogP contribution in [-0.2, 0) is 18.3 Å². The van der Waals surface area contributed by atoms with Crippen LogP contribution in [0.15, 0.2) is 42.6 Å². The smallest absolute Gasteiger partial charge is 0.326 e. The Bertz CT molecular complexity index is 607. The third kappa shape index (κ3) is 3.44. The van der Waals surface area contributed by atoms with Crippen LogP contribution in [0.5, 0.6) is 0 Å². The van der Waals surface area contributed by atoms with Crippen LogP contribution >= 0.6 is 0 Å². The first-order chi connectivity index (χ1) is 9.56. The van der Waals surface area contributed by atoms with Gasteiger partial charge in [0.2, 0.25) is 0 Å². The predicted octanol–water partition coefficient (Wildman–Crippen LogP) is 0.846. The Kier molecular flexibility index (Phi) is 4.14. The van der Waals surface area contributed by atoms with E-state index >= 15 is 0 Å². The maximum absolute atomic E-state index is 11.9. The molecule has 0 aliphatic rings. The van der Waals surface area contributed by atoms with Crippen LogP contribution in [0.4, 0.5) is 0 Å². The molecule has 1 atom stereocenters. The van der Waals surface area contributed by atoms with Gasteiger partial charge in [-0.3, -0.25) is 9.48 Å². The number of nitrogens with one attached hydrogen (secondary N) is 1. The maximum Gasteiger partial charge on any atom is 0.326 e. The van der Waals surface area contributed by atoms with E-state index < -0.39 is 17.9 Å². The number of rotatable bonds is 5. The fourth-order valence-electron chi connectivity index (χ4n) is 1.82. The molecule has 0 saturated heterocycles. The summed E-state index contributed by atoms with van der Waals surface area (Å²) in [6, 6.07) is 9.71. The topological polar surface area (TPSA) is 84.2 Å². The Morgan fingerprint density at radius 2 is 2.00 bits per heavy atom. The van der Waals surface area contributed by atoms with E-state index in [1.54, 1.807) is 13.2 Å². The standard InChI is InChI=1S/C14H15N3O3/c1-17-8-7-11(16-17)13(18)15-12(14(19)20)9-10-5-3-2-4-6-10/h2-8,12H,9H2,1H3,(H,15,18)(H,19,20). The highest BCUT2D eigenvalue weighted by molar-refractivity contribution is 5.94. The van der Waals surface area contributed by atoms with Crippen LogP contribution < -0.4 is 5.32 Å². The van der Waals surface area contributed by atoms with Gasteiger partial charge in [-0.15, -0.1) is 0 Å². The van der Waals surface area contributed by atoms with Gasteiger partial charge in [0, 0.05) is 19.7 Å². The van der Waals surface area contributed by atoms with E-state index in [2.05, 4.69) is 10.4 Å². The zero-order valence-corrected chi connectivity index (χ0v) is 11.0. The van der Waals surface area contributed by atoms with Gasteiger partial charge in [0.15, 0.2) is 0 Å². The van der Waals surface area contributed by atoms with Gasteiger partial charge >= 0.3 is 5.97 Å². The lowest BCUT2D eigenvalue weighted by atomic mass is 10.1.